The fraction of sp³-hybridized carbons (Fsp3) is 0.125. The maximum Gasteiger partial charge on any atom is 0.0467 e. The number of hydrogen-bond donors (Lipinski definition) is 0. The standard InChI is InChI=1S/C48H39N/c1-47(2)44-20-11-9-18-40(44)42-30-35(23-28-45(42)47)34-15-12-16-37(29-34)49(36-24-21-33(22-25-36)32-13-6-5-7-14-32)38-26-27-41-39-17-8-10-19-43(39)48(3,4)46(41)31-38/h5-31H,1-4H3. The van der Waals surface area contributed by atoms with Crippen molar-refractivity contribution in [2.45, 2.75) is 38.5 Å². The molecule has 0 fully saturated rings. The minimum Gasteiger partial charge on any atom is -0.310 e. The molecule has 0 spiro atoms. The van der Waals surface area contributed by atoms with Crippen molar-refractivity contribution < 1.29 is 0 Å². The van der Waals surface area contributed by atoms with Crippen LogP contribution in [0.25, 0.3) is 44.5 Å². The van der Waals surface area contributed by atoms with E-state index in [1.54, 1.807) is 0 Å². The molecule has 236 valence electrons. The molecule has 0 bridgehead atoms. The molecule has 7 aromatic rings. The molecular formula is C48H39N. The maximum absolute atomic E-state index is 2.42. The van der Waals surface area contributed by atoms with Crippen molar-refractivity contribution in [3.63, 3.8) is 0 Å². The first kappa shape index (κ1) is 29.5. The summed E-state index contributed by atoms with van der Waals surface area (Å²) < 4.78 is 0. The molecule has 0 amide bonds. The van der Waals surface area contributed by atoms with E-state index in [0.29, 0.717) is 0 Å². The highest BCUT2D eigenvalue weighted by atomic mass is 15.1. The highest BCUT2D eigenvalue weighted by molar-refractivity contribution is 5.88. The molecular weight excluding hydrogens is 591 g/mol. The zero-order valence-corrected chi connectivity index (χ0v) is 28.5. The van der Waals surface area contributed by atoms with E-state index < -0.39 is 0 Å². The lowest BCUT2D eigenvalue weighted by Gasteiger charge is -2.28. The number of benzene rings is 7. The van der Waals surface area contributed by atoms with Crippen molar-refractivity contribution in [2.75, 3.05) is 4.90 Å². The second-order valence-electron chi connectivity index (χ2n) is 14.6. The van der Waals surface area contributed by atoms with Gasteiger partial charge in [-0.2, -0.15) is 0 Å². The summed E-state index contributed by atoms with van der Waals surface area (Å²) in [6, 6.07) is 60.5. The van der Waals surface area contributed by atoms with E-state index in [0.717, 1.165) is 17.1 Å². The lowest BCUT2D eigenvalue weighted by atomic mass is 9.82. The SMILES string of the molecule is CC1(C)c2ccccc2-c2cc(-c3cccc(N(c4ccc(-c5ccccc5)cc4)c4ccc5c(c4)C(C)(C)c4ccccc4-5)c3)ccc21. The molecule has 2 aliphatic carbocycles. The van der Waals surface area contributed by atoms with E-state index >= 15 is 0 Å². The first-order valence-electron chi connectivity index (χ1n) is 17.4. The van der Waals surface area contributed by atoms with Crippen LogP contribution in [0.2, 0.25) is 0 Å². The van der Waals surface area contributed by atoms with E-state index in [1.807, 2.05) is 0 Å². The van der Waals surface area contributed by atoms with Gasteiger partial charge in [-0.25, -0.2) is 0 Å². The summed E-state index contributed by atoms with van der Waals surface area (Å²) in [6.07, 6.45) is 0. The van der Waals surface area contributed by atoms with Gasteiger partial charge in [0.05, 0.1) is 0 Å². The van der Waals surface area contributed by atoms with Crippen molar-refractivity contribution in [1.82, 2.24) is 0 Å². The topological polar surface area (TPSA) is 3.24 Å². The van der Waals surface area contributed by atoms with Gasteiger partial charge >= 0.3 is 0 Å². The molecule has 7 aromatic carbocycles. The van der Waals surface area contributed by atoms with Gasteiger partial charge in [0.1, 0.15) is 0 Å². The molecule has 0 aliphatic heterocycles. The lowest BCUT2D eigenvalue weighted by molar-refractivity contribution is 0.660. The smallest absolute Gasteiger partial charge is 0.0467 e. The Bertz CT molecular complexity index is 2380. The molecule has 49 heavy (non-hydrogen) atoms. The van der Waals surface area contributed by atoms with E-state index in [1.165, 1.54) is 66.8 Å². The van der Waals surface area contributed by atoms with E-state index in [4.69, 9.17) is 0 Å². The Balaban J connectivity index is 1.17. The van der Waals surface area contributed by atoms with Crippen LogP contribution in [0.3, 0.4) is 0 Å². The second kappa shape index (κ2) is 10.9. The number of hydrogen-bond acceptors (Lipinski definition) is 1. The normalized spacial score (nSPS) is 14.4. The van der Waals surface area contributed by atoms with Gasteiger partial charge in [-0.15, -0.1) is 0 Å². The van der Waals surface area contributed by atoms with Crippen LogP contribution in [0, 0.1) is 0 Å². The van der Waals surface area contributed by atoms with Gasteiger partial charge in [0.25, 0.3) is 0 Å². The summed E-state index contributed by atoms with van der Waals surface area (Å²) in [5.41, 5.74) is 19.2. The summed E-state index contributed by atoms with van der Waals surface area (Å²) in [5.74, 6) is 0. The van der Waals surface area contributed by atoms with Crippen LogP contribution in [0.15, 0.2) is 164 Å². The summed E-state index contributed by atoms with van der Waals surface area (Å²) in [4.78, 5) is 2.42. The predicted octanol–water partition coefficient (Wildman–Crippen LogP) is 13.1. The molecule has 9 rings (SSSR count). The van der Waals surface area contributed by atoms with Crippen LogP contribution in [0.4, 0.5) is 17.1 Å². The molecule has 0 radical (unpaired) electrons. The van der Waals surface area contributed by atoms with Crippen molar-refractivity contribution in [2.24, 2.45) is 0 Å². The zero-order chi connectivity index (χ0) is 33.3. The van der Waals surface area contributed by atoms with E-state index in [-0.39, 0.29) is 10.8 Å². The fourth-order valence-corrected chi connectivity index (χ4v) is 8.44. The average molecular weight is 630 g/mol. The molecule has 1 nitrogen and oxygen atoms in total. The Morgan fingerprint density at radius 1 is 0.306 bits per heavy atom. The van der Waals surface area contributed by atoms with Gasteiger partial charge in [-0.1, -0.05) is 149 Å². The predicted molar refractivity (Wildman–Crippen MR) is 207 cm³/mol. The molecule has 1 heteroatoms. The second-order valence-corrected chi connectivity index (χ2v) is 14.6. The minimum absolute atomic E-state index is 0.00395. The van der Waals surface area contributed by atoms with Gasteiger partial charge < -0.3 is 4.90 Å². The Morgan fingerprint density at radius 3 is 1.53 bits per heavy atom. The number of nitrogens with zero attached hydrogens (tertiary/aromatic N) is 1. The molecule has 0 heterocycles. The van der Waals surface area contributed by atoms with Gasteiger partial charge in [-0.05, 0) is 109 Å². The summed E-state index contributed by atoms with van der Waals surface area (Å²) >= 11 is 0. The average Bonchev–Trinajstić information content (AvgIpc) is 3.52. The van der Waals surface area contributed by atoms with Crippen LogP contribution in [0.1, 0.15) is 49.9 Å². The van der Waals surface area contributed by atoms with E-state index in [9.17, 15) is 0 Å². The summed E-state index contributed by atoms with van der Waals surface area (Å²) in [6.45, 7) is 9.40. The lowest BCUT2D eigenvalue weighted by Crippen LogP contribution is -2.16. The molecule has 0 saturated carbocycles. The third-order valence-corrected chi connectivity index (χ3v) is 11.1. The molecule has 2 aliphatic rings. The van der Waals surface area contributed by atoms with Gasteiger partial charge in [0.15, 0.2) is 0 Å². The van der Waals surface area contributed by atoms with Crippen molar-refractivity contribution in [1.29, 1.82) is 0 Å². The Hall–Kier alpha value is -5.66. The fourth-order valence-electron chi connectivity index (χ4n) is 8.44. The number of rotatable bonds is 5. The monoisotopic (exact) mass is 629 g/mol. The van der Waals surface area contributed by atoms with Gasteiger partial charge in [-0.3, -0.25) is 0 Å². The Kier molecular flexibility index (Phi) is 6.58. The highest BCUT2D eigenvalue weighted by Gasteiger charge is 2.36. The third kappa shape index (κ3) is 4.60. The summed E-state index contributed by atoms with van der Waals surface area (Å²) in [7, 11) is 0. The molecule has 0 unspecified atom stereocenters. The Morgan fingerprint density at radius 2 is 0.796 bits per heavy atom. The first-order valence-corrected chi connectivity index (χ1v) is 17.4. The van der Waals surface area contributed by atoms with Crippen molar-refractivity contribution in [3.05, 3.63) is 186 Å². The molecule has 0 N–H and O–H groups in total. The quantitative estimate of drug-likeness (QED) is 0.183. The highest BCUT2D eigenvalue weighted by Crippen LogP contribution is 2.52. The first-order chi connectivity index (χ1) is 23.8. The Labute approximate surface area is 290 Å². The van der Waals surface area contributed by atoms with Crippen molar-refractivity contribution >= 4 is 17.1 Å². The summed E-state index contributed by atoms with van der Waals surface area (Å²) in [5, 5.41) is 0. The van der Waals surface area contributed by atoms with Crippen LogP contribution in [-0.4, -0.2) is 0 Å². The van der Waals surface area contributed by atoms with Crippen LogP contribution < -0.4 is 4.90 Å². The molecule has 0 atom stereocenters. The van der Waals surface area contributed by atoms with Crippen LogP contribution >= 0.6 is 0 Å². The van der Waals surface area contributed by atoms with Gasteiger partial charge in [0.2, 0.25) is 0 Å². The van der Waals surface area contributed by atoms with Gasteiger partial charge in [0, 0.05) is 27.9 Å². The molecule has 0 aromatic heterocycles. The minimum atomic E-state index is -0.0822. The van der Waals surface area contributed by atoms with Crippen molar-refractivity contribution in [3.8, 4) is 44.5 Å². The van der Waals surface area contributed by atoms with Crippen LogP contribution in [-0.2, 0) is 10.8 Å². The van der Waals surface area contributed by atoms with Crippen LogP contribution in [0.5, 0.6) is 0 Å². The third-order valence-electron chi connectivity index (χ3n) is 11.1. The van der Waals surface area contributed by atoms with E-state index in [2.05, 4.69) is 196 Å². The number of fused-ring (bicyclic) bond motifs is 6. The zero-order valence-electron chi connectivity index (χ0n) is 28.5. The maximum atomic E-state index is 2.42. The largest absolute Gasteiger partial charge is 0.310 e. The number of anilines is 3. The molecule has 0 saturated heterocycles.